The summed E-state index contributed by atoms with van der Waals surface area (Å²) < 4.78 is 5.78. The van der Waals surface area contributed by atoms with Crippen molar-refractivity contribution in [1.29, 1.82) is 0 Å². The average molecular weight is 362 g/mol. The van der Waals surface area contributed by atoms with E-state index in [9.17, 15) is 10.2 Å². The fraction of sp³-hybridized carbons (Fsp3) is 0.250. The SMILES string of the molecule is [C-]#[N+]c1cc(-c2nnc(-c3ccc4c(c3)C[C@](N)(CO)CC4)o2)ccc1O. The van der Waals surface area contributed by atoms with E-state index in [2.05, 4.69) is 15.0 Å². The van der Waals surface area contributed by atoms with Crippen LogP contribution in [0, 0.1) is 6.57 Å². The summed E-state index contributed by atoms with van der Waals surface area (Å²) in [6.45, 7) is 7.04. The summed E-state index contributed by atoms with van der Waals surface area (Å²) >= 11 is 0. The molecule has 1 atom stereocenters. The first-order chi connectivity index (χ1) is 13.0. The van der Waals surface area contributed by atoms with Gasteiger partial charge < -0.3 is 20.4 Å². The maximum atomic E-state index is 9.63. The molecule has 7 heteroatoms. The molecule has 0 saturated heterocycles. The number of rotatable bonds is 3. The standard InChI is InChI=1S/C20H18N4O3/c1-22-16-9-14(4-5-17(16)26)19-24-23-18(27-19)13-3-2-12-6-7-20(21,11-25)10-15(12)8-13/h2-5,8-9,25-26H,6-7,10-11,21H2/t20-/m0/s1. The molecule has 0 amide bonds. The monoisotopic (exact) mass is 362 g/mol. The Bertz CT molecular complexity index is 1050. The number of hydrogen-bond donors (Lipinski definition) is 3. The minimum atomic E-state index is -0.589. The van der Waals surface area contributed by atoms with E-state index in [4.69, 9.17) is 16.7 Å². The Balaban J connectivity index is 1.67. The second-order valence-corrected chi connectivity index (χ2v) is 6.91. The molecule has 0 unspecified atom stereocenters. The first-order valence-electron chi connectivity index (χ1n) is 8.58. The summed E-state index contributed by atoms with van der Waals surface area (Å²) in [5.74, 6) is 0.552. The van der Waals surface area contributed by atoms with Crippen molar-refractivity contribution < 1.29 is 14.6 Å². The highest BCUT2D eigenvalue weighted by atomic mass is 16.4. The fourth-order valence-corrected chi connectivity index (χ4v) is 3.36. The van der Waals surface area contributed by atoms with Crippen LogP contribution in [0.4, 0.5) is 5.69 Å². The number of nitrogens with two attached hydrogens (primary N) is 1. The molecule has 0 fully saturated rings. The van der Waals surface area contributed by atoms with Gasteiger partial charge in [0.05, 0.1) is 13.2 Å². The van der Waals surface area contributed by atoms with Crippen LogP contribution in [0.1, 0.15) is 17.5 Å². The largest absolute Gasteiger partial charge is 0.519 e. The Kier molecular flexibility index (Phi) is 4.15. The van der Waals surface area contributed by atoms with Gasteiger partial charge in [0.15, 0.2) is 0 Å². The van der Waals surface area contributed by atoms with Crippen LogP contribution in [0.5, 0.6) is 5.75 Å². The minimum Gasteiger partial charge on any atom is -0.519 e. The van der Waals surface area contributed by atoms with Gasteiger partial charge in [0.25, 0.3) is 0 Å². The molecule has 4 rings (SSSR count). The van der Waals surface area contributed by atoms with Crippen LogP contribution in [-0.4, -0.2) is 32.6 Å². The lowest BCUT2D eigenvalue weighted by molar-refractivity contribution is 0.181. The van der Waals surface area contributed by atoms with E-state index in [1.54, 1.807) is 6.07 Å². The number of nitrogens with zero attached hydrogens (tertiary/aromatic N) is 3. The third-order valence-electron chi connectivity index (χ3n) is 4.97. The molecule has 0 saturated carbocycles. The molecule has 136 valence electrons. The number of hydrogen-bond acceptors (Lipinski definition) is 6. The zero-order chi connectivity index (χ0) is 19.0. The number of aliphatic hydroxyl groups excluding tert-OH is 1. The third-order valence-corrected chi connectivity index (χ3v) is 4.97. The van der Waals surface area contributed by atoms with Gasteiger partial charge in [0, 0.05) is 16.7 Å². The van der Waals surface area contributed by atoms with Gasteiger partial charge in [-0.15, -0.1) is 10.2 Å². The fourth-order valence-electron chi connectivity index (χ4n) is 3.36. The number of phenols is 1. The summed E-state index contributed by atoms with van der Waals surface area (Å²) in [7, 11) is 0. The van der Waals surface area contributed by atoms with Crippen LogP contribution in [0.3, 0.4) is 0 Å². The highest BCUT2D eigenvalue weighted by Gasteiger charge is 2.30. The van der Waals surface area contributed by atoms with E-state index in [0.717, 1.165) is 24.0 Å². The lowest BCUT2D eigenvalue weighted by Gasteiger charge is -2.33. The Morgan fingerprint density at radius 3 is 2.52 bits per heavy atom. The number of aromatic hydroxyl groups is 1. The molecule has 27 heavy (non-hydrogen) atoms. The summed E-state index contributed by atoms with van der Waals surface area (Å²) in [5.41, 5.74) is 9.41. The summed E-state index contributed by atoms with van der Waals surface area (Å²) in [6.07, 6.45) is 2.18. The molecule has 0 aliphatic heterocycles. The molecule has 1 aliphatic carbocycles. The highest BCUT2D eigenvalue weighted by Crippen LogP contribution is 2.34. The Labute approximate surface area is 155 Å². The van der Waals surface area contributed by atoms with E-state index in [1.807, 2.05) is 18.2 Å². The zero-order valence-corrected chi connectivity index (χ0v) is 14.5. The second-order valence-electron chi connectivity index (χ2n) is 6.91. The van der Waals surface area contributed by atoms with E-state index < -0.39 is 5.54 Å². The van der Waals surface area contributed by atoms with Crippen molar-refractivity contribution in [3.63, 3.8) is 0 Å². The van der Waals surface area contributed by atoms with Crippen molar-refractivity contribution in [3.8, 4) is 28.7 Å². The first-order valence-corrected chi connectivity index (χ1v) is 8.58. The molecule has 2 aromatic carbocycles. The number of fused-ring (bicyclic) bond motifs is 1. The molecule has 1 heterocycles. The number of phenolic OH excluding ortho intramolecular Hbond substituents is 1. The molecule has 7 nitrogen and oxygen atoms in total. The van der Waals surface area contributed by atoms with Gasteiger partial charge in [-0.25, -0.2) is 4.85 Å². The predicted octanol–water partition coefficient (Wildman–Crippen LogP) is 2.84. The van der Waals surface area contributed by atoms with Crippen LogP contribution in [0.25, 0.3) is 27.8 Å². The van der Waals surface area contributed by atoms with Crippen LogP contribution < -0.4 is 5.73 Å². The summed E-state index contributed by atoms with van der Waals surface area (Å²) in [6, 6.07) is 10.5. The topological polar surface area (TPSA) is 110 Å². The number of benzene rings is 2. The summed E-state index contributed by atoms with van der Waals surface area (Å²) in [5, 5.41) is 27.3. The Morgan fingerprint density at radius 2 is 1.81 bits per heavy atom. The van der Waals surface area contributed by atoms with Crippen molar-refractivity contribution >= 4 is 5.69 Å². The second kappa shape index (κ2) is 6.50. The quantitative estimate of drug-likeness (QED) is 0.618. The van der Waals surface area contributed by atoms with Gasteiger partial charge >= 0.3 is 0 Å². The van der Waals surface area contributed by atoms with Crippen LogP contribution in [0.2, 0.25) is 0 Å². The van der Waals surface area contributed by atoms with Crippen molar-refractivity contribution in [3.05, 3.63) is 58.9 Å². The van der Waals surface area contributed by atoms with Crippen molar-refractivity contribution in [2.45, 2.75) is 24.8 Å². The van der Waals surface area contributed by atoms with E-state index >= 15 is 0 Å². The van der Waals surface area contributed by atoms with Crippen molar-refractivity contribution in [2.24, 2.45) is 5.73 Å². The molecule has 4 N–H and O–H groups in total. The van der Waals surface area contributed by atoms with Gasteiger partial charge in [-0.3, -0.25) is 0 Å². The lowest BCUT2D eigenvalue weighted by Crippen LogP contribution is -2.48. The molecule has 1 aromatic heterocycles. The van der Waals surface area contributed by atoms with E-state index in [0.29, 0.717) is 17.9 Å². The Morgan fingerprint density at radius 1 is 1.11 bits per heavy atom. The van der Waals surface area contributed by atoms with E-state index in [1.165, 1.54) is 17.7 Å². The number of aryl methyl sites for hydroxylation is 1. The smallest absolute Gasteiger partial charge is 0.248 e. The Hall–Kier alpha value is -3.21. The van der Waals surface area contributed by atoms with Crippen LogP contribution in [0.15, 0.2) is 40.8 Å². The molecule has 0 spiro atoms. The molecule has 0 bridgehead atoms. The summed E-state index contributed by atoms with van der Waals surface area (Å²) in [4.78, 5) is 3.27. The molecular weight excluding hydrogens is 344 g/mol. The van der Waals surface area contributed by atoms with Gasteiger partial charge in [-0.1, -0.05) is 6.07 Å². The van der Waals surface area contributed by atoms with Crippen LogP contribution in [-0.2, 0) is 12.8 Å². The van der Waals surface area contributed by atoms with Crippen molar-refractivity contribution in [2.75, 3.05) is 6.61 Å². The van der Waals surface area contributed by atoms with Gasteiger partial charge in [-0.2, -0.15) is 0 Å². The normalized spacial score (nSPS) is 18.7. The molecule has 3 aromatic rings. The molecule has 1 aliphatic rings. The van der Waals surface area contributed by atoms with Gasteiger partial charge in [0.2, 0.25) is 17.5 Å². The minimum absolute atomic E-state index is 0.0500. The lowest BCUT2D eigenvalue weighted by atomic mass is 9.78. The maximum Gasteiger partial charge on any atom is 0.248 e. The van der Waals surface area contributed by atoms with Gasteiger partial charge in [0.1, 0.15) is 5.75 Å². The average Bonchev–Trinajstić information content (AvgIpc) is 3.18. The van der Waals surface area contributed by atoms with Crippen LogP contribution >= 0.6 is 0 Å². The number of aliphatic hydroxyl groups is 1. The number of aromatic nitrogens is 2. The van der Waals surface area contributed by atoms with E-state index in [-0.39, 0.29) is 23.9 Å². The first kappa shape index (κ1) is 17.2. The van der Waals surface area contributed by atoms with Gasteiger partial charge in [-0.05, 0) is 60.7 Å². The predicted molar refractivity (Wildman–Crippen MR) is 99.1 cm³/mol. The molecular formula is C20H18N4O3. The van der Waals surface area contributed by atoms with Crippen molar-refractivity contribution in [1.82, 2.24) is 10.2 Å². The molecule has 0 radical (unpaired) electrons. The highest BCUT2D eigenvalue weighted by molar-refractivity contribution is 5.68. The maximum absolute atomic E-state index is 9.63. The zero-order valence-electron chi connectivity index (χ0n) is 14.5. The third kappa shape index (κ3) is 3.16.